The van der Waals surface area contributed by atoms with Crippen LogP contribution < -0.4 is 0 Å². The Balaban J connectivity index is 0.000000276. The van der Waals surface area contributed by atoms with Gasteiger partial charge in [0.05, 0.1) is 27.8 Å². The van der Waals surface area contributed by atoms with Gasteiger partial charge in [-0.2, -0.15) is 0 Å². The van der Waals surface area contributed by atoms with Crippen LogP contribution in [0, 0.1) is 24.8 Å². The summed E-state index contributed by atoms with van der Waals surface area (Å²) in [6.45, 7) is 14.8. The quantitative estimate of drug-likeness (QED) is 0.0842. The Labute approximate surface area is 358 Å². The van der Waals surface area contributed by atoms with Crippen LogP contribution in [0.5, 0.6) is 0 Å². The molecule has 4 aromatic heterocycles. The predicted molar refractivity (Wildman–Crippen MR) is 242 cm³/mol. The second kappa shape index (κ2) is 17.1. The Morgan fingerprint density at radius 1 is 0.776 bits per heavy atom. The third-order valence-electron chi connectivity index (χ3n) is 12.0. The smallest absolute Gasteiger partial charge is 0.162 e. The monoisotopic (exact) mass is 961 g/mol. The molecule has 1 radical (unpaired) electrons. The van der Waals surface area contributed by atoms with Crippen LogP contribution in [0.1, 0.15) is 84.3 Å². The molecule has 0 aliphatic carbocycles. The van der Waals surface area contributed by atoms with Crippen molar-refractivity contribution in [1.82, 2.24) is 14.4 Å². The molecule has 1 N–H and O–H groups in total. The largest absolute Gasteiger partial charge is 0.512 e. The standard InChI is InChI=1S/C38H26N3S.C13H24O2.Ir/c1-21(2)30-19-25(17-23-9-4-5-10-26(23)30)35-38-34(39-20-40-35)22(3)37(42-38)24-15-16-33-31(18-24)29-13-8-12-28-27-11-6-7-14-32(27)41(33)36(28)29;1-5-10(6-2)12(14)9-13(15)11(7-3)8-4;/h4-16,18-21H,1-3H3;9-11,14H,5-8H2,1-4H3;/q-1;;/b;12-9-;. The molecule has 9 rings (SSSR count). The number of hydrogen-bond donors (Lipinski definition) is 1. The molecular formula is C51H50IrN3O2S-. The topological polar surface area (TPSA) is 67.5 Å². The molecule has 0 bridgehead atoms. The maximum absolute atomic E-state index is 11.7. The molecule has 0 aliphatic rings. The summed E-state index contributed by atoms with van der Waals surface area (Å²) in [5, 5.41) is 17.3. The summed E-state index contributed by atoms with van der Waals surface area (Å²) >= 11 is 1.79. The zero-order chi connectivity index (χ0) is 40.0. The number of carbonyl (C=O) groups excluding carboxylic acids is 1. The van der Waals surface area contributed by atoms with E-state index in [0.717, 1.165) is 52.5 Å². The maximum Gasteiger partial charge on any atom is 0.162 e. The molecule has 4 heterocycles. The Kier molecular flexibility index (Phi) is 12.2. The number of aryl methyl sites for hydroxylation is 1. The number of rotatable bonds is 10. The number of ketones is 1. The number of para-hydroxylation sites is 2. The second-order valence-electron chi connectivity index (χ2n) is 15.6. The summed E-state index contributed by atoms with van der Waals surface area (Å²) in [4.78, 5) is 22.6. The van der Waals surface area contributed by atoms with Gasteiger partial charge in [-0.3, -0.25) is 9.78 Å². The average Bonchev–Trinajstić information content (AvgIpc) is 3.88. The van der Waals surface area contributed by atoms with E-state index in [-0.39, 0.29) is 43.5 Å². The first kappa shape index (κ1) is 41.2. The number of carbonyl (C=O) groups is 1. The van der Waals surface area contributed by atoms with Gasteiger partial charge in [-0.15, -0.1) is 40.5 Å². The van der Waals surface area contributed by atoms with Crippen molar-refractivity contribution in [3.8, 4) is 21.7 Å². The molecule has 9 aromatic rings. The third-order valence-corrected chi connectivity index (χ3v) is 13.3. The van der Waals surface area contributed by atoms with Crippen LogP contribution in [0.2, 0.25) is 0 Å². The van der Waals surface area contributed by atoms with E-state index in [1.807, 2.05) is 27.7 Å². The summed E-state index contributed by atoms with van der Waals surface area (Å²) in [7, 11) is 0. The van der Waals surface area contributed by atoms with Crippen LogP contribution in [0.15, 0.2) is 109 Å². The third kappa shape index (κ3) is 7.12. The fraction of sp³-hybridized carbons (Fsp3) is 0.275. The van der Waals surface area contributed by atoms with Gasteiger partial charge in [-0.25, -0.2) is 4.98 Å². The van der Waals surface area contributed by atoms with Gasteiger partial charge in [-0.05, 0) is 67.9 Å². The summed E-state index contributed by atoms with van der Waals surface area (Å²) in [6.07, 6.45) is 6.62. The van der Waals surface area contributed by atoms with Gasteiger partial charge in [0.25, 0.3) is 0 Å². The summed E-state index contributed by atoms with van der Waals surface area (Å²) in [5.74, 6) is 0.945. The zero-order valence-corrected chi connectivity index (χ0v) is 37.5. The van der Waals surface area contributed by atoms with Crippen molar-refractivity contribution in [3.63, 3.8) is 0 Å². The maximum atomic E-state index is 11.7. The summed E-state index contributed by atoms with van der Waals surface area (Å²) in [6, 6.07) is 36.8. The molecule has 7 heteroatoms. The van der Waals surface area contributed by atoms with Gasteiger partial charge in [0.15, 0.2) is 5.78 Å². The van der Waals surface area contributed by atoms with Crippen molar-refractivity contribution in [2.24, 2.45) is 11.8 Å². The summed E-state index contributed by atoms with van der Waals surface area (Å²) in [5.41, 5.74) is 10.6. The predicted octanol–water partition coefficient (Wildman–Crippen LogP) is 14.4. The molecule has 0 saturated heterocycles. The molecule has 58 heavy (non-hydrogen) atoms. The van der Waals surface area contributed by atoms with Gasteiger partial charge < -0.3 is 9.51 Å². The molecular weight excluding hydrogens is 911 g/mol. The Morgan fingerprint density at radius 3 is 2.12 bits per heavy atom. The van der Waals surface area contributed by atoms with Crippen LogP contribution in [-0.2, 0) is 24.9 Å². The number of benzene rings is 5. The minimum atomic E-state index is 0. The van der Waals surface area contributed by atoms with Gasteiger partial charge in [0.1, 0.15) is 6.33 Å². The van der Waals surface area contributed by atoms with Crippen LogP contribution >= 0.6 is 11.3 Å². The van der Waals surface area contributed by atoms with E-state index in [2.05, 4.69) is 122 Å². The van der Waals surface area contributed by atoms with Crippen molar-refractivity contribution in [3.05, 3.63) is 126 Å². The number of aliphatic hydroxyl groups excluding tert-OH is 1. The molecule has 0 fully saturated rings. The first-order valence-corrected chi connectivity index (χ1v) is 21.3. The molecule has 5 aromatic carbocycles. The Bertz CT molecular complexity index is 2950. The number of hydrogen-bond acceptors (Lipinski definition) is 5. The first-order chi connectivity index (χ1) is 27.7. The van der Waals surface area contributed by atoms with Gasteiger partial charge in [0, 0.05) is 74.8 Å². The molecule has 0 spiro atoms. The minimum Gasteiger partial charge on any atom is -0.512 e. The van der Waals surface area contributed by atoms with Crippen molar-refractivity contribution < 1.29 is 30.0 Å². The van der Waals surface area contributed by atoms with E-state index < -0.39 is 0 Å². The number of nitrogens with zero attached hydrogens (tertiary/aromatic N) is 3. The molecule has 0 aliphatic heterocycles. The molecule has 0 atom stereocenters. The second-order valence-corrected chi connectivity index (χ2v) is 16.6. The van der Waals surface area contributed by atoms with Crippen LogP contribution in [0.3, 0.4) is 0 Å². The van der Waals surface area contributed by atoms with Crippen molar-refractivity contribution in [2.45, 2.75) is 80.1 Å². The first-order valence-electron chi connectivity index (χ1n) is 20.5. The summed E-state index contributed by atoms with van der Waals surface area (Å²) < 4.78 is 3.55. The SMILES string of the molecule is CCC(CC)C(=O)/C=C(\O)C(CC)CC.Cc1c(-c2ccc3c(c2)c2cccc4c5ccccc5n3c42)sc2c(-c3[c-]c4ccccc4c(C(C)C)c3)ncnc12.[Ir]. The Morgan fingerprint density at radius 2 is 1.41 bits per heavy atom. The number of fused-ring (bicyclic) bond motifs is 8. The number of aromatic nitrogens is 3. The van der Waals surface area contributed by atoms with E-state index in [0.29, 0.717) is 5.92 Å². The molecule has 297 valence electrons. The van der Waals surface area contributed by atoms with Crippen molar-refractivity contribution in [2.75, 3.05) is 0 Å². The van der Waals surface area contributed by atoms with Gasteiger partial charge >= 0.3 is 0 Å². The zero-order valence-electron chi connectivity index (χ0n) is 34.3. The molecule has 5 nitrogen and oxygen atoms in total. The van der Waals surface area contributed by atoms with E-state index in [4.69, 9.17) is 9.97 Å². The van der Waals surface area contributed by atoms with Crippen molar-refractivity contribution >= 4 is 76.2 Å². The van der Waals surface area contributed by atoms with Crippen LogP contribution in [-0.4, -0.2) is 25.3 Å². The molecule has 0 unspecified atom stereocenters. The molecule has 0 saturated carbocycles. The number of allylic oxidation sites excluding steroid dienone is 2. The van der Waals surface area contributed by atoms with Gasteiger partial charge in [-0.1, -0.05) is 113 Å². The van der Waals surface area contributed by atoms with E-state index in [1.54, 1.807) is 17.7 Å². The van der Waals surface area contributed by atoms with Gasteiger partial charge in [0.2, 0.25) is 0 Å². The fourth-order valence-electron chi connectivity index (χ4n) is 8.71. The fourth-order valence-corrected chi connectivity index (χ4v) is 9.97. The van der Waals surface area contributed by atoms with E-state index in [9.17, 15) is 9.90 Å². The van der Waals surface area contributed by atoms with Crippen LogP contribution in [0.4, 0.5) is 0 Å². The van der Waals surface area contributed by atoms with E-state index >= 15 is 0 Å². The minimum absolute atomic E-state index is 0. The van der Waals surface area contributed by atoms with E-state index in [1.165, 1.54) is 71.1 Å². The number of thiophene rings is 1. The molecule has 0 amide bonds. The normalized spacial score (nSPS) is 12.2. The Hall–Kier alpha value is -4.94. The number of aliphatic hydroxyl groups is 1. The van der Waals surface area contributed by atoms with Crippen molar-refractivity contribution in [1.29, 1.82) is 0 Å². The van der Waals surface area contributed by atoms with Crippen LogP contribution in [0.25, 0.3) is 80.8 Å². The average molecular weight is 961 g/mol.